The minimum absolute atomic E-state index is 0.0323. The molecule has 4 heteroatoms. The van der Waals surface area contributed by atoms with Crippen LogP contribution >= 0.6 is 0 Å². The van der Waals surface area contributed by atoms with Gasteiger partial charge in [-0.05, 0) is 75.0 Å². The van der Waals surface area contributed by atoms with Crippen LogP contribution in [0.3, 0.4) is 0 Å². The quantitative estimate of drug-likeness (QED) is 0.558. The van der Waals surface area contributed by atoms with Gasteiger partial charge in [0.1, 0.15) is 0 Å². The van der Waals surface area contributed by atoms with Crippen LogP contribution in [0.25, 0.3) is 0 Å². The van der Waals surface area contributed by atoms with Crippen LogP contribution in [0.1, 0.15) is 90.9 Å². The number of rotatable bonds is 6. The predicted molar refractivity (Wildman–Crippen MR) is 110 cm³/mol. The van der Waals surface area contributed by atoms with Gasteiger partial charge < -0.3 is 9.47 Å². The highest BCUT2D eigenvalue weighted by Gasteiger charge is 2.32. The van der Waals surface area contributed by atoms with Crippen LogP contribution in [0.15, 0.2) is 0 Å². The average molecular weight is 393 g/mol. The van der Waals surface area contributed by atoms with Crippen molar-refractivity contribution in [3.05, 3.63) is 0 Å². The molecule has 0 amide bonds. The first kappa shape index (κ1) is 21.6. The van der Waals surface area contributed by atoms with Crippen LogP contribution in [0, 0.1) is 35.5 Å². The van der Waals surface area contributed by atoms with E-state index in [9.17, 15) is 9.59 Å². The zero-order valence-corrected chi connectivity index (χ0v) is 18.0. The maximum atomic E-state index is 12.4. The molecule has 28 heavy (non-hydrogen) atoms. The van der Waals surface area contributed by atoms with E-state index in [-0.39, 0.29) is 23.8 Å². The summed E-state index contributed by atoms with van der Waals surface area (Å²) < 4.78 is 11.4. The molecule has 4 unspecified atom stereocenters. The first-order chi connectivity index (χ1) is 13.5. The number of ether oxygens (including phenoxy) is 2. The highest BCUT2D eigenvalue weighted by Crippen LogP contribution is 2.34. The SMILES string of the molecule is CC1CCCCC1C(=O)OCC1CCC(COC(=O)C2CCCCC2C)CC1. The van der Waals surface area contributed by atoms with E-state index in [1.54, 1.807) is 0 Å². The van der Waals surface area contributed by atoms with Crippen molar-refractivity contribution in [1.29, 1.82) is 0 Å². The Morgan fingerprint density at radius 1 is 0.607 bits per heavy atom. The molecule has 3 aliphatic rings. The molecule has 0 aromatic carbocycles. The maximum absolute atomic E-state index is 12.4. The molecule has 0 aromatic rings. The smallest absolute Gasteiger partial charge is 0.309 e. The van der Waals surface area contributed by atoms with E-state index >= 15 is 0 Å². The summed E-state index contributed by atoms with van der Waals surface area (Å²) in [5.74, 6) is 2.20. The molecular weight excluding hydrogens is 352 g/mol. The molecule has 160 valence electrons. The summed E-state index contributed by atoms with van der Waals surface area (Å²) in [7, 11) is 0. The van der Waals surface area contributed by atoms with Crippen molar-refractivity contribution in [1.82, 2.24) is 0 Å². The van der Waals surface area contributed by atoms with Gasteiger partial charge in [-0.2, -0.15) is 0 Å². The van der Waals surface area contributed by atoms with E-state index < -0.39 is 0 Å². The second-order valence-corrected chi connectivity index (χ2v) is 9.88. The summed E-state index contributed by atoms with van der Waals surface area (Å²) >= 11 is 0. The number of carbonyl (C=O) groups excluding carboxylic acids is 2. The molecule has 3 saturated carbocycles. The topological polar surface area (TPSA) is 52.6 Å². The molecule has 0 bridgehead atoms. The number of esters is 2. The average Bonchev–Trinajstić information content (AvgIpc) is 2.71. The molecule has 3 rings (SSSR count). The molecule has 0 radical (unpaired) electrons. The Morgan fingerprint density at radius 2 is 0.964 bits per heavy atom. The van der Waals surface area contributed by atoms with Gasteiger partial charge in [0.25, 0.3) is 0 Å². The minimum atomic E-state index is 0.0323. The fourth-order valence-electron chi connectivity index (χ4n) is 5.51. The Bertz CT molecular complexity index is 463. The van der Waals surface area contributed by atoms with Crippen LogP contribution < -0.4 is 0 Å². The van der Waals surface area contributed by atoms with E-state index in [1.807, 2.05) is 0 Å². The van der Waals surface area contributed by atoms with E-state index in [4.69, 9.17) is 9.47 Å². The van der Waals surface area contributed by atoms with Gasteiger partial charge in [-0.1, -0.05) is 39.5 Å². The Kier molecular flexibility index (Phi) is 8.23. The lowest BCUT2D eigenvalue weighted by atomic mass is 9.80. The Labute approximate surface area is 171 Å². The van der Waals surface area contributed by atoms with Crippen molar-refractivity contribution in [2.24, 2.45) is 35.5 Å². The lowest BCUT2D eigenvalue weighted by Crippen LogP contribution is -2.31. The zero-order chi connectivity index (χ0) is 19.9. The summed E-state index contributed by atoms with van der Waals surface area (Å²) in [5, 5.41) is 0. The van der Waals surface area contributed by atoms with Gasteiger partial charge in [0, 0.05) is 0 Å². The predicted octanol–water partition coefficient (Wildman–Crippen LogP) is 5.53. The van der Waals surface area contributed by atoms with Gasteiger partial charge in [-0.25, -0.2) is 0 Å². The maximum Gasteiger partial charge on any atom is 0.309 e. The molecule has 3 aliphatic carbocycles. The molecular formula is C24H40O4. The molecule has 4 nitrogen and oxygen atoms in total. The third kappa shape index (κ3) is 5.97. The monoisotopic (exact) mass is 392 g/mol. The number of hydrogen-bond donors (Lipinski definition) is 0. The van der Waals surface area contributed by atoms with Crippen molar-refractivity contribution in [2.75, 3.05) is 13.2 Å². The highest BCUT2D eigenvalue weighted by molar-refractivity contribution is 5.73. The van der Waals surface area contributed by atoms with Crippen LogP contribution in [-0.4, -0.2) is 25.2 Å². The number of carbonyl (C=O) groups is 2. The molecule has 0 spiro atoms. The molecule has 3 fully saturated rings. The number of hydrogen-bond acceptors (Lipinski definition) is 4. The summed E-state index contributed by atoms with van der Waals surface area (Å²) in [4.78, 5) is 24.8. The van der Waals surface area contributed by atoms with Crippen molar-refractivity contribution < 1.29 is 19.1 Å². The largest absolute Gasteiger partial charge is 0.465 e. The van der Waals surface area contributed by atoms with E-state index in [2.05, 4.69) is 13.8 Å². The lowest BCUT2D eigenvalue weighted by molar-refractivity contribution is -0.155. The lowest BCUT2D eigenvalue weighted by Gasteiger charge is -2.31. The van der Waals surface area contributed by atoms with E-state index in [0.29, 0.717) is 36.9 Å². The van der Waals surface area contributed by atoms with Crippen molar-refractivity contribution in [3.63, 3.8) is 0 Å². The van der Waals surface area contributed by atoms with E-state index in [1.165, 1.54) is 12.8 Å². The van der Waals surface area contributed by atoms with Gasteiger partial charge in [0.05, 0.1) is 25.0 Å². The highest BCUT2D eigenvalue weighted by atomic mass is 16.5. The molecule has 4 atom stereocenters. The summed E-state index contributed by atoms with van der Waals surface area (Å²) in [6.07, 6.45) is 13.4. The van der Waals surface area contributed by atoms with Gasteiger partial charge in [0.2, 0.25) is 0 Å². The van der Waals surface area contributed by atoms with Crippen LogP contribution in [0.2, 0.25) is 0 Å². The van der Waals surface area contributed by atoms with E-state index in [0.717, 1.165) is 64.2 Å². The van der Waals surface area contributed by atoms with Crippen molar-refractivity contribution in [3.8, 4) is 0 Å². The van der Waals surface area contributed by atoms with Gasteiger partial charge in [-0.15, -0.1) is 0 Å². The third-order valence-corrected chi connectivity index (χ3v) is 7.72. The summed E-state index contributed by atoms with van der Waals surface area (Å²) in [6.45, 7) is 5.53. The van der Waals surface area contributed by atoms with Gasteiger partial charge in [-0.3, -0.25) is 9.59 Å². The first-order valence-corrected chi connectivity index (χ1v) is 11.9. The minimum Gasteiger partial charge on any atom is -0.465 e. The molecule has 0 aromatic heterocycles. The second kappa shape index (κ2) is 10.6. The Morgan fingerprint density at radius 3 is 1.32 bits per heavy atom. The Hall–Kier alpha value is -1.06. The van der Waals surface area contributed by atoms with Crippen LogP contribution in [0.5, 0.6) is 0 Å². The molecule has 0 saturated heterocycles. The molecule has 0 heterocycles. The normalized spacial score (nSPS) is 36.5. The molecule has 0 aliphatic heterocycles. The van der Waals surface area contributed by atoms with Crippen LogP contribution in [0.4, 0.5) is 0 Å². The summed E-state index contributed by atoms with van der Waals surface area (Å²) in [6, 6.07) is 0. The second-order valence-electron chi connectivity index (χ2n) is 9.88. The van der Waals surface area contributed by atoms with Gasteiger partial charge >= 0.3 is 11.9 Å². The summed E-state index contributed by atoms with van der Waals surface area (Å²) in [5.41, 5.74) is 0. The first-order valence-electron chi connectivity index (χ1n) is 11.9. The molecule has 0 N–H and O–H groups in total. The Balaban J connectivity index is 1.31. The third-order valence-electron chi connectivity index (χ3n) is 7.72. The fraction of sp³-hybridized carbons (Fsp3) is 0.917. The zero-order valence-electron chi connectivity index (χ0n) is 18.0. The van der Waals surface area contributed by atoms with Gasteiger partial charge in [0.15, 0.2) is 0 Å². The standard InChI is InChI=1S/C24H40O4/c1-17-7-3-5-9-21(17)23(25)27-15-19-11-13-20(14-12-19)16-28-24(26)22-10-6-4-8-18(22)2/h17-22H,3-16H2,1-2H3. The fourth-order valence-corrected chi connectivity index (χ4v) is 5.51. The van der Waals surface area contributed by atoms with Crippen molar-refractivity contribution in [2.45, 2.75) is 90.9 Å². The van der Waals surface area contributed by atoms with Crippen LogP contribution in [-0.2, 0) is 19.1 Å². The van der Waals surface area contributed by atoms with Crippen molar-refractivity contribution >= 4 is 11.9 Å².